The van der Waals surface area contributed by atoms with Gasteiger partial charge in [0.2, 0.25) is 11.8 Å². The normalized spacial score (nSPS) is 19.7. The van der Waals surface area contributed by atoms with Crippen LogP contribution in [0.4, 0.5) is 5.69 Å². The molecule has 0 saturated carbocycles. The van der Waals surface area contributed by atoms with Crippen molar-refractivity contribution in [3.8, 4) is 0 Å². The van der Waals surface area contributed by atoms with E-state index in [4.69, 9.17) is 11.6 Å². The van der Waals surface area contributed by atoms with Gasteiger partial charge in [-0.1, -0.05) is 53.7 Å². The van der Waals surface area contributed by atoms with Crippen LogP contribution in [0.15, 0.2) is 53.4 Å². The van der Waals surface area contributed by atoms with Crippen LogP contribution in [-0.4, -0.2) is 16.6 Å². The smallest absolute Gasteiger partial charge is 0.250 e. The van der Waals surface area contributed by atoms with Gasteiger partial charge in [0.1, 0.15) is 0 Å². The van der Waals surface area contributed by atoms with Crippen LogP contribution in [0.2, 0.25) is 5.02 Å². The highest BCUT2D eigenvalue weighted by Crippen LogP contribution is 2.42. The monoisotopic (exact) mass is 346 g/mol. The molecule has 2 aromatic rings. The first kappa shape index (κ1) is 15.9. The predicted molar refractivity (Wildman–Crippen MR) is 92.6 cm³/mol. The Labute approximate surface area is 143 Å². The number of carbonyl (C=O) groups is 2. The van der Waals surface area contributed by atoms with Crippen molar-refractivity contribution in [2.24, 2.45) is 0 Å². The molecule has 2 N–H and O–H groups in total. The fraction of sp³-hybridized carbons (Fsp3) is 0.176. The fourth-order valence-corrected chi connectivity index (χ4v) is 3.63. The standard InChI is InChI=1S/C17H15ClN2O2S/c1-17(15(21)19-10-11-6-2-3-7-12(11)18)16(22)20-13-8-4-5-9-14(13)23-17/h2-9H,10H2,1H3,(H,19,21)(H,20,22). The van der Waals surface area contributed by atoms with Crippen LogP contribution < -0.4 is 10.6 Å². The lowest BCUT2D eigenvalue weighted by Gasteiger charge is -2.31. The number of hydrogen-bond donors (Lipinski definition) is 2. The van der Waals surface area contributed by atoms with Gasteiger partial charge in [-0.3, -0.25) is 9.59 Å². The van der Waals surface area contributed by atoms with Crippen molar-refractivity contribution >= 4 is 40.9 Å². The molecule has 23 heavy (non-hydrogen) atoms. The van der Waals surface area contributed by atoms with Crippen molar-refractivity contribution in [2.75, 3.05) is 5.32 Å². The molecular formula is C17H15ClN2O2S. The number of fused-ring (bicyclic) bond motifs is 1. The largest absolute Gasteiger partial charge is 0.350 e. The van der Waals surface area contributed by atoms with Crippen molar-refractivity contribution < 1.29 is 9.59 Å². The van der Waals surface area contributed by atoms with E-state index in [-0.39, 0.29) is 18.4 Å². The first-order chi connectivity index (χ1) is 11.0. The van der Waals surface area contributed by atoms with Gasteiger partial charge in [-0.25, -0.2) is 0 Å². The molecular weight excluding hydrogens is 332 g/mol. The van der Waals surface area contributed by atoms with Crippen LogP contribution in [0.1, 0.15) is 12.5 Å². The molecule has 0 saturated heterocycles. The van der Waals surface area contributed by atoms with Gasteiger partial charge >= 0.3 is 0 Å². The molecule has 6 heteroatoms. The Morgan fingerprint density at radius 1 is 1.22 bits per heavy atom. The molecule has 0 aromatic heterocycles. The number of nitrogens with one attached hydrogen (secondary N) is 2. The Kier molecular flexibility index (Phi) is 4.33. The van der Waals surface area contributed by atoms with E-state index in [0.29, 0.717) is 5.02 Å². The molecule has 0 spiro atoms. The van der Waals surface area contributed by atoms with Gasteiger partial charge in [0.05, 0.1) is 5.69 Å². The minimum Gasteiger partial charge on any atom is -0.350 e. The number of para-hydroxylation sites is 1. The van der Waals surface area contributed by atoms with E-state index < -0.39 is 4.75 Å². The Bertz CT molecular complexity index is 781. The maximum atomic E-state index is 12.6. The molecule has 1 aliphatic rings. The summed E-state index contributed by atoms with van der Waals surface area (Å²) in [6.07, 6.45) is 0. The third-order valence-corrected chi connectivity index (χ3v) is 5.44. The van der Waals surface area contributed by atoms with Crippen molar-refractivity contribution in [3.05, 3.63) is 59.1 Å². The Balaban J connectivity index is 1.76. The summed E-state index contributed by atoms with van der Waals surface area (Å²) in [5, 5.41) is 6.19. The molecule has 2 amide bonds. The second-order valence-electron chi connectivity index (χ2n) is 5.36. The molecule has 1 atom stereocenters. The molecule has 2 aromatic carbocycles. The molecule has 1 aliphatic heterocycles. The lowest BCUT2D eigenvalue weighted by atomic mass is 10.1. The average Bonchev–Trinajstić information content (AvgIpc) is 2.55. The SMILES string of the molecule is CC1(C(=O)NCc2ccccc2Cl)Sc2ccccc2NC1=O. The van der Waals surface area contributed by atoms with E-state index in [9.17, 15) is 9.59 Å². The van der Waals surface area contributed by atoms with Crippen LogP contribution in [0, 0.1) is 0 Å². The number of carbonyl (C=O) groups excluding carboxylic acids is 2. The highest BCUT2D eigenvalue weighted by Gasteiger charge is 2.45. The van der Waals surface area contributed by atoms with Crippen molar-refractivity contribution in [1.29, 1.82) is 0 Å². The minimum absolute atomic E-state index is 0.281. The molecule has 118 valence electrons. The third kappa shape index (κ3) is 3.07. The number of thioether (sulfide) groups is 1. The van der Waals surface area contributed by atoms with Crippen LogP contribution in [0.5, 0.6) is 0 Å². The zero-order chi connectivity index (χ0) is 16.4. The van der Waals surface area contributed by atoms with E-state index >= 15 is 0 Å². The number of rotatable bonds is 3. The van der Waals surface area contributed by atoms with Crippen LogP contribution in [-0.2, 0) is 16.1 Å². The third-order valence-electron chi connectivity index (χ3n) is 3.71. The molecule has 0 bridgehead atoms. The Morgan fingerprint density at radius 3 is 2.70 bits per heavy atom. The predicted octanol–water partition coefficient (Wildman–Crippen LogP) is 3.46. The molecule has 0 radical (unpaired) electrons. The highest BCUT2D eigenvalue weighted by molar-refractivity contribution is 8.02. The number of hydrogen-bond acceptors (Lipinski definition) is 3. The fourth-order valence-electron chi connectivity index (χ4n) is 2.30. The lowest BCUT2D eigenvalue weighted by Crippen LogP contribution is -2.51. The van der Waals surface area contributed by atoms with E-state index in [1.807, 2.05) is 42.5 Å². The first-order valence-corrected chi connectivity index (χ1v) is 8.31. The summed E-state index contributed by atoms with van der Waals surface area (Å²) >= 11 is 7.35. The summed E-state index contributed by atoms with van der Waals surface area (Å²) in [5.41, 5.74) is 1.55. The lowest BCUT2D eigenvalue weighted by molar-refractivity contribution is -0.130. The molecule has 0 aliphatic carbocycles. The van der Waals surface area contributed by atoms with E-state index in [0.717, 1.165) is 16.1 Å². The van der Waals surface area contributed by atoms with Gasteiger partial charge in [0, 0.05) is 16.5 Å². The Hall–Kier alpha value is -1.98. The maximum Gasteiger partial charge on any atom is 0.250 e. The summed E-state index contributed by atoms with van der Waals surface area (Å²) in [6.45, 7) is 1.91. The second-order valence-corrected chi connectivity index (χ2v) is 7.23. The van der Waals surface area contributed by atoms with Gasteiger partial charge in [-0.15, -0.1) is 0 Å². The maximum absolute atomic E-state index is 12.6. The average molecular weight is 347 g/mol. The number of amides is 2. The van der Waals surface area contributed by atoms with Crippen LogP contribution in [0.3, 0.4) is 0 Å². The summed E-state index contributed by atoms with van der Waals surface area (Å²) in [5.74, 6) is -0.660. The van der Waals surface area contributed by atoms with Gasteiger partial charge in [0.15, 0.2) is 4.75 Å². The van der Waals surface area contributed by atoms with Crippen molar-refractivity contribution in [1.82, 2.24) is 5.32 Å². The zero-order valence-electron chi connectivity index (χ0n) is 12.4. The van der Waals surface area contributed by atoms with E-state index in [1.54, 1.807) is 13.0 Å². The molecule has 1 heterocycles. The molecule has 4 nitrogen and oxygen atoms in total. The van der Waals surface area contributed by atoms with Gasteiger partial charge in [-0.2, -0.15) is 0 Å². The van der Waals surface area contributed by atoms with Crippen molar-refractivity contribution in [2.45, 2.75) is 23.1 Å². The number of anilines is 1. The summed E-state index contributed by atoms with van der Waals surface area (Å²) < 4.78 is -1.21. The summed E-state index contributed by atoms with van der Waals surface area (Å²) in [6, 6.07) is 14.7. The van der Waals surface area contributed by atoms with Crippen LogP contribution >= 0.6 is 23.4 Å². The van der Waals surface area contributed by atoms with Gasteiger partial charge in [0.25, 0.3) is 0 Å². The van der Waals surface area contributed by atoms with E-state index in [1.165, 1.54) is 11.8 Å². The topological polar surface area (TPSA) is 58.2 Å². The van der Waals surface area contributed by atoms with Crippen molar-refractivity contribution in [3.63, 3.8) is 0 Å². The summed E-state index contributed by atoms with van der Waals surface area (Å²) in [4.78, 5) is 25.8. The minimum atomic E-state index is -1.21. The molecule has 0 fully saturated rings. The second kappa shape index (κ2) is 6.26. The Morgan fingerprint density at radius 2 is 1.91 bits per heavy atom. The molecule has 1 unspecified atom stereocenters. The van der Waals surface area contributed by atoms with E-state index in [2.05, 4.69) is 10.6 Å². The number of halogens is 1. The van der Waals surface area contributed by atoms with Gasteiger partial charge < -0.3 is 10.6 Å². The number of benzene rings is 2. The zero-order valence-corrected chi connectivity index (χ0v) is 14.0. The summed E-state index contributed by atoms with van der Waals surface area (Å²) in [7, 11) is 0. The molecule has 3 rings (SSSR count). The van der Waals surface area contributed by atoms with Gasteiger partial charge in [-0.05, 0) is 30.7 Å². The van der Waals surface area contributed by atoms with Crippen LogP contribution in [0.25, 0.3) is 0 Å². The first-order valence-electron chi connectivity index (χ1n) is 7.12. The quantitative estimate of drug-likeness (QED) is 0.837. The highest BCUT2D eigenvalue weighted by atomic mass is 35.5.